The SMILES string of the molecule is COC(C)c1ccc(CC(C)(C)N)cc1. The fraction of sp³-hybridized carbons (Fsp3) is 0.538. The summed E-state index contributed by atoms with van der Waals surface area (Å²) in [6, 6.07) is 8.46. The molecule has 0 spiro atoms. The highest BCUT2D eigenvalue weighted by atomic mass is 16.5. The molecule has 1 aromatic carbocycles. The normalized spacial score (nSPS) is 13.9. The van der Waals surface area contributed by atoms with Gasteiger partial charge in [0, 0.05) is 12.6 Å². The number of ether oxygens (including phenoxy) is 1. The first-order valence-electron chi connectivity index (χ1n) is 5.33. The van der Waals surface area contributed by atoms with Gasteiger partial charge in [-0.3, -0.25) is 0 Å². The van der Waals surface area contributed by atoms with E-state index in [1.165, 1.54) is 11.1 Å². The van der Waals surface area contributed by atoms with Gasteiger partial charge in [0.2, 0.25) is 0 Å². The molecule has 0 heterocycles. The first-order chi connectivity index (χ1) is 6.92. The van der Waals surface area contributed by atoms with E-state index in [4.69, 9.17) is 10.5 Å². The third-order valence-corrected chi connectivity index (χ3v) is 2.46. The van der Waals surface area contributed by atoms with E-state index < -0.39 is 0 Å². The maximum Gasteiger partial charge on any atom is 0.0793 e. The molecule has 0 aromatic heterocycles. The van der Waals surface area contributed by atoms with Crippen LogP contribution in [0.3, 0.4) is 0 Å². The van der Waals surface area contributed by atoms with Crippen LogP contribution in [0.4, 0.5) is 0 Å². The van der Waals surface area contributed by atoms with Crippen molar-refractivity contribution in [1.29, 1.82) is 0 Å². The minimum Gasteiger partial charge on any atom is -0.377 e. The first-order valence-corrected chi connectivity index (χ1v) is 5.33. The van der Waals surface area contributed by atoms with Crippen molar-refractivity contribution in [2.45, 2.75) is 38.8 Å². The Balaban J connectivity index is 2.72. The second-order valence-electron chi connectivity index (χ2n) is 4.78. The second kappa shape index (κ2) is 4.77. The third-order valence-electron chi connectivity index (χ3n) is 2.46. The molecule has 0 amide bonds. The van der Waals surface area contributed by atoms with Crippen molar-refractivity contribution in [2.75, 3.05) is 7.11 Å². The molecule has 84 valence electrons. The molecule has 0 aliphatic heterocycles. The summed E-state index contributed by atoms with van der Waals surface area (Å²) in [7, 11) is 1.72. The molecular weight excluding hydrogens is 186 g/mol. The lowest BCUT2D eigenvalue weighted by Crippen LogP contribution is -2.34. The Kier molecular flexibility index (Phi) is 3.89. The van der Waals surface area contributed by atoms with Gasteiger partial charge in [0.1, 0.15) is 0 Å². The smallest absolute Gasteiger partial charge is 0.0793 e. The van der Waals surface area contributed by atoms with Crippen LogP contribution in [0.25, 0.3) is 0 Å². The van der Waals surface area contributed by atoms with Gasteiger partial charge >= 0.3 is 0 Å². The van der Waals surface area contributed by atoms with E-state index in [1.807, 2.05) is 20.8 Å². The van der Waals surface area contributed by atoms with E-state index in [0.717, 1.165) is 6.42 Å². The number of hydrogen-bond acceptors (Lipinski definition) is 2. The Bertz CT molecular complexity index is 297. The van der Waals surface area contributed by atoms with Crippen molar-refractivity contribution in [3.05, 3.63) is 35.4 Å². The van der Waals surface area contributed by atoms with Crippen LogP contribution < -0.4 is 5.73 Å². The lowest BCUT2D eigenvalue weighted by Gasteiger charge is -2.18. The molecule has 2 heteroatoms. The summed E-state index contributed by atoms with van der Waals surface area (Å²) in [6.07, 6.45) is 1.05. The minimum absolute atomic E-state index is 0.144. The van der Waals surface area contributed by atoms with Gasteiger partial charge in [0.25, 0.3) is 0 Å². The molecule has 1 unspecified atom stereocenters. The van der Waals surface area contributed by atoms with E-state index >= 15 is 0 Å². The topological polar surface area (TPSA) is 35.2 Å². The standard InChI is InChI=1S/C13H21NO/c1-10(15-4)12-7-5-11(6-8-12)9-13(2,3)14/h5-8,10H,9,14H2,1-4H3. The van der Waals surface area contributed by atoms with Gasteiger partial charge in [0.05, 0.1) is 6.10 Å². The molecule has 2 nitrogen and oxygen atoms in total. The zero-order chi connectivity index (χ0) is 11.5. The zero-order valence-electron chi connectivity index (χ0n) is 10.1. The first kappa shape index (κ1) is 12.2. The van der Waals surface area contributed by atoms with Crippen LogP contribution in [-0.2, 0) is 11.2 Å². The molecule has 0 radical (unpaired) electrons. The largest absolute Gasteiger partial charge is 0.377 e. The molecule has 0 saturated carbocycles. The summed E-state index contributed by atoms with van der Waals surface area (Å²) >= 11 is 0. The summed E-state index contributed by atoms with van der Waals surface area (Å²) in [5.41, 5.74) is 8.30. The Labute approximate surface area is 92.4 Å². The van der Waals surface area contributed by atoms with E-state index in [-0.39, 0.29) is 11.6 Å². The van der Waals surface area contributed by atoms with Crippen molar-refractivity contribution < 1.29 is 4.74 Å². The molecule has 0 fully saturated rings. The van der Waals surface area contributed by atoms with Crippen molar-refractivity contribution in [3.8, 4) is 0 Å². The van der Waals surface area contributed by atoms with Crippen LogP contribution in [0.15, 0.2) is 24.3 Å². The summed E-state index contributed by atoms with van der Waals surface area (Å²) in [5.74, 6) is 0. The Hall–Kier alpha value is -0.860. The number of benzene rings is 1. The van der Waals surface area contributed by atoms with Crippen LogP contribution in [0, 0.1) is 0 Å². The van der Waals surface area contributed by atoms with Crippen molar-refractivity contribution in [1.82, 2.24) is 0 Å². The van der Waals surface area contributed by atoms with E-state index in [2.05, 4.69) is 24.3 Å². The molecule has 15 heavy (non-hydrogen) atoms. The van der Waals surface area contributed by atoms with Gasteiger partial charge < -0.3 is 10.5 Å². The fourth-order valence-electron chi connectivity index (χ4n) is 1.57. The van der Waals surface area contributed by atoms with Crippen molar-refractivity contribution in [3.63, 3.8) is 0 Å². The quantitative estimate of drug-likeness (QED) is 0.823. The zero-order valence-corrected chi connectivity index (χ0v) is 10.1. The molecule has 0 bridgehead atoms. The molecule has 2 N–H and O–H groups in total. The molecular formula is C13H21NO. The van der Waals surface area contributed by atoms with Crippen LogP contribution in [0.2, 0.25) is 0 Å². The monoisotopic (exact) mass is 207 g/mol. The van der Waals surface area contributed by atoms with Gasteiger partial charge in [-0.05, 0) is 38.3 Å². The molecule has 1 aromatic rings. The van der Waals surface area contributed by atoms with Crippen LogP contribution in [0.1, 0.15) is 38.0 Å². The average Bonchev–Trinajstić information content (AvgIpc) is 2.15. The minimum atomic E-state index is -0.144. The van der Waals surface area contributed by atoms with E-state index in [1.54, 1.807) is 7.11 Å². The highest BCUT2D eigenvalue weighted by Crippen LogP contribution is 2.17. The Morgan fingerprint density at radius 2 is 1.80 bits per heavy atom. The number of methoxy groups -OCH3 is 1. The van der Waals surface area contributed by atoms with E-state index in [0.29, 0.717) is 0 Å². The van der Waals surface area contributed by atoms with Crippen LogP contribution in [-0.4, -0.2) is 12.6 Å². The fourth-order valence-corrected chi connectivity index (χ4v) is 1.57. The Morgan fingerprint density at radius 3 is 2.20 bits per heavy atom. The van der Waals surface area contributed by atoms with E-state index in [9.17, 15) is 0 Å². The van der Waals surface area contributed by atoms with Crippen molar-refractivity contribution >= 4 is 0 Å². The molecule has 0 aliphatic carbocycles. The van der Waals surface area contributed by atoms with Crippen LogP contribution >= 0.6 is 0 Å². The van der Waals surface area contributed by atoms with Crippen molar-refractivity contribution in [2.24, 2.45) is 5.73 Å². The number of rotatable bonds is 4. The predicted molar refractivity (Wildman–Crippen MR) is 63.8 cm³/mol. The predicted octanol–water partition coefficient (Wildman–Crippen LogP) is 2.67. The Morgan fingerprint density at radius 1 is 1.27 bits per heavy atom. The van der Waals surface area contributed by atoms with Gasteiger partial charge in [-0.25, -0.2) is 0 Å². The average molecular weight is 207 g/mol. The highest BCUT2D eigenvalue weighted by molar-refractivity contribution is 5.25. The maximum atomic E-state index is 5.97. The number of nitrogens with two attached hydrogens (primary N) is 1. The lowest BCUT2D eigenvalue weighted by atomic mass is 9.95. The summed E-state index contributed by atoms with van der Waals surface area (Å²) in [5, 5.41) is 0. The van der Waals surface area contributed by atoms with Gasteiger partial charge in [-0.2, -0.15) is 0 Å². The molecule has 0 saturated heterocycles. The summed E-state index contributed by atoms with van der Waals surface area (Å²) in [6.45, 7) is 6.12. The molecule has 1 atom stereocenters. The van der Waals surface area contributed by atoms with Crippen LogP contribution in [0.5, 0.6) is 0 Å². The number of hydrogen-bond donors (Lipinski definition) is 1. The second-order valence-corrected chi connectivity index (χ2v) is 4.78. The summed E-state index contributed by atoms with van der Waals surface area (Å²) < 4.78 is 5.25. The maximum absolute atomic E-state index is 5.97. The lowest BCUT2D eigenvalue weighted by molar-refractivity contribution is 0.119. The third kappa shape index (κ3) is 4.02. The van der Waals surface area contributed by atoms with Gasteiger partial charge in [-0.1, -0.05) is 24.3 Å². The molecule has 0 aliphatic rings. The summed E-state index contributed by atoms with van der Waals surface area (Å²) in [4.78, 5) is 0. The van der Waals surface area contributed by atoms with Gasteiger partial charge in [-0.15, -0.1) is 0 Å². The van der Waals surface area contributed by atoms with Gasteiger partial charge in [0.15, 0.2) is 0 Å². The highest BCUT2D eigenvalue weighted by Gasteiger charge is 2.11. The molecule has 1 rings (SSSR count).